The van der Waals surface area contributed by atoms with E-state index in [1.165, 1.54) is 10.4 Å². The first kappa shape index (κ1) is 28.3. The lowest BCUT2D eigenvalue weighted by Crippen LogP contribution is -2.31. The van der Waals surface area contributed by atoms with Gasteiger partial charge >= 0.3 is 0 Å². The number of nitrogens with zero attached hydrogens (tertiary/aromatic N) is 4. The van der Waals surface area contributed by atoms with Crippen LogP contribution in [0, 0.1) is 31.6 Å². The van der Waals surface area contributed by atoms with E-state index in [2.05, 4.69) is 52.6 Å². The summed E-state index contributed by atoms with van der Waals surface area (Å²) in [5.41, 5.74) is 4.46. The molecule has 1 aliphatic carbocycles. The van der Waals surface area contributed by atoms with Crippen molar-refractivity contribution in [2.45, 2.75) is 72.8 Å². The summed E-state index contributed by atoms with van der Waals surface area (Å²) in [7, 11) is 0. The van der Waals surface area contributed by atoms with E-state index in [1.54, 1.807) is 11.3 Å². The Kier molecular flexibility index (Phi) is 7.94. The molecule has 1 amide bonds. The second-order valence-corrected chi connectivity index (χ2v) is 13.7. The van der Waals surface area contributed by atoms with Crippen molar-refractivity contribution in [2.24, 2.45) is 15.8 Å². The van der Waals surface area contributed by atoms with Crippen molar-refractivity contribution in [3.63, 3.8) is 0 Å². The molecule has 39 heavy (non-hydrogen) atoms. The Morgan fingerprint density at radius 2 is 1.85 bits per heavy atom. The number of nitrogens with one attached hydrogen (secondary N) is 2. The molecule has 0 saturated heterocycles. The number of fused-ring (bicyclic) bond motifs is 3. The van der Waals surface area contributed by atoms with Crippen LogP contribution >= 0.6 is 34.7 Å². The highest BCUT2D eigenvalue weighted by Crippen LogP contribution is 2.50. The number of rotatable bonds is 8. The van der Waals surface area contributed by atoms with E-state index in [4.69, 9.17) is 28.4 Å². The van der Waals surface area contributed by atoms with Gasteiger partial charge in [-0.1, -0.05) is 37.6 Å². The van der Waals surface area contributed by atoms with Gasteiger partial charge in [0.1, 0.15) is 16.9 Å². The summed E-state index contributed by atoms with van der Waals surface area (Å²) < 4.78 is 2.08. The number of carbonyl (C=O) groups is 1. The highest BCUT2D eigenvalue weighted by atomic mass is 35.5. The molecule has 1 saturated carbocycles. The van der Waals surface area contributed by atoms with Crippen LogP contribution in [0.3, 0.4) is 0 Å². The van der Waals surface area contributed by atoms with Crippen LogP contribution in [0.5, 0.6) is 0 Å². The van der Waals surface area contributed by atoms with E-state index < -0.39 is 6.04 Å². The number of aryl methyl sites for hydroxylation is 2. The molecule has 0 radical (unpaired) electrons. The Labute approximate surface area is 244 Å². The minimum atomic E-state index is -0.462. The lowest BCUT2D eigenvalue weighted by molar-refractivity contribution is -0.121. The van der Waals surface area contributed by atoms with E-state index in [0.717, 1.165) is 59.9 Å². The summed E-state index contributed by atoms with van der Waals surface area (Å²) in [6, 6.07) is 7.27. The van der Waals surface area contributed by atoms with Crippen molar-refractivity contribution >= 4 is 46.3 Å². The number of hydrogen-bond acceptors (Lipinski definition) is 6. The molecule has 7 nitrogen and oxygen atoms in total. The predicted octanol–water partition coefficient (Wildman–Crippen LogP) is 6.64. The molecule has 2 aromatic heterocycles. The molecule has 1 aliphatic heterocycles. The molecule has 2 N–H and O–H groups in total. The van der Waals surface area contributed by atoms with E-state index in [9.17, 15) is 4.79 Å². The maximum Gasteiger partial charge on any atom is 0.222 e. The SMILES string of the molecule is Cc1sc2c(c1C)C(c1ccc(Cl)cc1)=N[C@@H](CC(=O)NCCC1(C)CCC(C)(CNCl)C1)c1nnc(C)n1-2. The number of aromatic nitrogens is 3. The van der Waals surface area contributed by atoms with Crippen molar-refractivity contribution < 1.29 is 4.79 Å². The van der Waals surface area contributed by atoms with E-state index in [-0.39, 0.29) is 23.2 Å². The highest BCUT2D eigenvalue weighted by Gasteiger charge is 2.42. The van der Waals surface area contributed by atoms with Gasteiger partial charge in [-0.2, -0.15) is 0 Å². The predicted molar refractivity (Wildman–Crippen MR) is 159 cm³/mol. The average molecular weight is 588 g/mol. The van der Waals surface area contributed by atoms with Gasteiger partial charge in [0, 0.05) is 34.1 Å². The van der Waals surface area contributed by atoms with Crippen LogP contribution in [-0.4, -0.2) is 39.5 Å². The van der Waals surface area contributed by atoms with Crippen LogP contribution in [-0.2, 0) is 4.79 Å². The molecular formula is C29H36Cl2N6OS. The fraction of sp³-hybridized carbons (Fsp3) is 0.517. The third-order valence-electron chi connectivity index (χ3n) is 8.47. The number of thiophene rings is 1. The average Bonchev–Trinajstić information content (AvgIpc) is 3.47. The van der Waals surface area contributed by atoms with Gasteiger partial charge < -0.3 is 5.32 Å². The smallest absolute Gasteiger partial charge is 0.222 e. The second-order valence-electron chi connectivity index (χ2n) is 11.8. The molecule has 1 fully saturated rings. The summed E-state index contributed by atoms with van der Waals surface area (Å²) in [6.45, 7) is 12.2. The largest absolute Gasteiger partial charge is 0.356 e. The van der Waals surface area contributed by atoms with Crippen LogP contribution in [0.1, 0.15) is 85.2 Å². The van der Waals surface area contributed by atoms with E-state index in [0.29, 0.717) is 17.4 Å². The first-order chi connectivity index (χ1) is 18.5. The van der Waals surface area contributed by atoms with Crippen molar-refractivity contribution in [1.82, 2.24) is 24.9 Å². The van der Waals surface area contributed by atoms with Gasteiger partial charge in [-0.3, -0.25) is 14.4 Å². The fourth-order valence-corrected chi connectivity index (χ4v) is 7.88. The quantitative estimate of drug-likeness (QED) is 0.290. The first-order valence-electron chi connectivity index (χ1n) is 13.5. The van der Waals surface area contributed by atoms with Crippen LogP contribution in [0.25, 0.3) is 5.00 Å². The zero-order chi connectivity index (χ0) is 27.9. The molecule has 0 bridgehead atoms. The molecule has 0 spiro atoms. The maximum atomic E-state index is 13.3. The summed E-state index contributed by atoms with van der Waals surface area (Å²) in [6.07, 6.45) is 4.51. The van der Waals surface area contributed by atoms with Gasteiger partial charge in [-0.25, -0.2) is 4.84 Å². The zero-order valence-electron chi connectivity index (χ0n) is 23.2. The summed E-state index contributed by atoms with van der Waals surface area (Å²) in [4.78, 5) is 22.5. The van der Waals surface area contributed by atoms with Crippen molar-refractivity contribution in [2.75, 3.05) is 13.1 Å². The number of aliphatic imine (C=N–C) groups is 1. The summed E-state index contributed by atoms with van der Waals surface area (Å²) in [5.74, 6) is 1.45. The minimum Gasteiger partial charge on any atom is -0.356 e. The Bertz CT molecular complexity index is 1410. The van der Waals surface area contributed by atoms with Gasteiger partial charge in [-0.05, 0) is 86.8 Å². The number of carbonyl (C=O) groups excluding carboxylic acids is 1. The fourth-order valence-electron chi connectivity index (χ4n) is 6.22. The molecule has 3 aromatic rings. The molecule has 2 unspecified atom stereocenters. The lowest BCUT2D eigenvalue weighted by Gasteiger charge is -2.28. The zero-order valence-corrected chi connectivity index (χ0v) is 25.5. The maximum absolute atomic E-state index is 13.3. The molecule has 2 aliphatic rings. The highest BCUT2D eigenvalue weighted by molar-refractivity contribution is 7.15. The van der Waals surface area contributed by atoms with Crippen LogP contribution in [0.4, 0.5) is 0 Å². The molecule has 5 rings (SSSR count). The molecule has 208 valence electrons. The Hall–Kier alpha value is -2.26. The van der Waals surface area contributed by atoms with E-state index >= 15 is 0 Å². The molecule has 1 aromatic carbocycles. The van der Waals surface area contributed by atoms with Crippen LogP contribution < -0.4 is 10.2 Å². The first-order valence-corrected chi connectivity index (χ1v) is 15.1. The number of benzene rings is 1. The summed E-state index contributed by atoms with van der Waals surface area (Å²) in [5, 5.41) is 13.8. The number of amides is 1. The topological polar surface area (TPSA) is 84.2 Å². The van der Waals surface area contributed by atoms with Crippen LogP contribution in [0.15, 0.2) is 29.3 Å². The molecular weight excluding hydrogens is 551 g/mol. The number of hydrogen-bond donors (Lipinski definition) is 2. The third kappa shape index (κ3) is 5.67. The minimum absolute atomic E-state index is 0.0312. The Balaban J connectivity index is 1.39. The number of halogens is 2. The van der Waals surface area contributed by atoms with Crippen molar-refractivity contribution in [3.05, 3.63) is 62.5 Å². The molecule has 10 heteroatoms. The van der Waals surface area contributed by atoms with Gasteiger partial charge in [0.25, 0.3) is 0 Å². The summed E-state index contributed by atoms with van der Waals surface area (Å²) >= 11 is 13.7. The van der Waals surface area contributed by atoms with Gasteiger partial charge in [-0.15, -0.1) is 21.5 Å². The Morgan fingerprint density at radius 3 is 2.56 bits per heavy atom. The monoisotopic (exact) mass is 586 g/mol. The Morgan fingerprint density at radius 1 is 1.13 bits per heavy atom. The standard InChI is InChI=1S/C29H36Cl2N6OS/c1-17-18(2)39-27-24(17)25(20-6-8-21(30)9-7-20)34-22(26-36-35-19(3)37(26)27)14-23(38)32-13-12-28(4)10-11-29(5,15-28)16-33-31/h6-9,22,33H,10-16H2,1-5H3,(H,32,38)/t22-,28?,29?/m0/s1. The van der Waals surface area contributed by atoms with E-state index in [1.807, 2.05) is 31.2 Å². The van der Waals surface area contributed by atoms with Gasteiger partial charge in [0.2, 0.25) is 5.91 Å². The second kappa shape index (κ2) is 11.0. The third-order valence-corrected chi connectivity index (χ3v) is 10.0. The van der Waals surface area contributed by atoms with Crippen molar-refractivity contribution in [3.8, 4) is 5.00 Å². The molecule has 3 atom stereocenters. The van der Waals surface area contributed by atoms with Gasteiger partial charge in [0.05, 0.1) is 12.1 Å². The normalized spacial score (nSPS) is 24.2. The van der Waals surface area contributed by atoms with Crippen molar-refractivity contribution in [1.29, 1.82) is 0 Å². The lowest BCUT2D eigenvalue weighted by atomic mass is 9.80. The molecule has 3 heterocycles. The van der Waals surface area contributed by atoms with Gasteiger partial charge in [0.15, 0.2) is 5.82 Å². The van der Waals surface area contributed by atoms with Crippen LogP contribution in [0.2, 0.25) is 5.02 Å².